The van der Waals surface area contributed by atoms with Gasteiger partial charge in [0.1, 0.15) is 0 Å². The van der Waals surface area contributed by atoms with Gasteiger partial charge in [0.2, 0.25) is 0 Å². The predicted octanol–water partition coefficient (Wildman–Crippen LogP) is 3.67. The van der Waals surface area contributed by atoms with E-state index in [0.717, 1.165) is 18.5 Å². The number of fused-ring (bicyclic) bond motifs is 1. The quantitative estimate of drug-likeness (QED) is 0.847. The molecule has 1 aliphatic carbocycles. The number of carbonyl (C=O) groups is 1. The molecule has 1 saturated carbocycles. The van der Waals surface area contributed by atoms with Crippen molar-refractivity contribution >= 4 is 16.9 Å². The van der Waals surface area contributed by atoms with Crippen LogP contribution in [0.1, 0.15) is 37.7 Å². The highest BCUT2D eigenvalue weighted by Gasteiger charge is 2.30. The van der Waals surface area contributed by atoms with Crippen LogP contribution in [0.3, 0.4) is 0 Å². The fraction of sp³-hybridized carbons (Fsp3) is 0.545. The van der Waals surface area contributed by atoms with E-state index in [-0.39, 0.29) is 18.0 Å². The molecule has 144 valence electrons. The number of amides is 2. The first-order valence-electron chi connectivity index (χ1n) is 10.2. The third-order valence-corrected chi connectivity index (χ3v) is 6.01. The minimum atomic E-state index is -0.0549. The zero-order valence-corrected chi connectivity index (χ0v) is 15.8. The highest BCUT2D eigenvalue weighted by Crippen LogP contribution is 2.25. The maximum Gasteiger partial charge on any atom is 0.315 e. The standard InChI is InChI=1S/C22H29N3O2/c26-22(24-13-16-6-2-1-3-7-16)25-21-15-27-14-18(21)12-17-10-11-23-20-9-5-4-8-19(17)20/h4-5,8-11,16,18,21H,1-3,6-7,12-15H2,(H2,24,25,26)/t18-,21-/m1/s1. The molecule has 0 unspecified atom stereocenters. The fourth-order valence-corrected chi connectivity index (χ4v) is 4.42. The summed E-state index contributed by atoms with van der Waals surface area (Å²) in [6, 6.07) is 10.3. The Bertz CT molecular complexity index is 768. The van der Waals surface area contributed by atoms with Crippen LogP contribution in [0.2, 0.25) is 0 Å². The van der Waals surface area contributed by atoms with Crippen molar-refractivity contribution in [1.29, 1.82) is 0 Å². The van der Waals surface area contributed by atoms with Crippen molar-refractivity contribution in [2.24, 2.45) is 11.8 Å². The molecule has 5 heteroatoms. The normalized spacial score (nSPS) is 23.4. The number of carbonyl (C=O) groups excluding carboxylic acids is 1. The zero-order valence-electron chi connectivity index (χ0n) is 15.8. The summed E-state index contributed by atoms with van der Waals surface area (Å²) in [7, 11) is 0. The van der Waals surface area contributed by atoms with Gasteiger partial charge in [-0.2, -0.15) is 0 Å². The number of hydrogen-bond donors (Lipinski definition) is 2. The molecule has 2 fully saturated rings. The smallest absolute Gasteiger partial charge is 0.315 e. The maximum absolute atomic E-state index is 12.4. The van der Waals surface area contributed by atoms with Crippen LogP contribution in [0, 0.1) is 11.8 Å². The number of pyridine rings is 1. The number of para-hydroxylation sites is 1. The molecule has 1 aliphatic heterocycles. The van der Waals surface area contributed by atoms with Crippen molar-refractivity contribution in [2.45, 2.75) is 44.6 Å². The van der Waals surface area contributed by atoms with Gasteiger partial charge in [0.15, 0.2) is 0 Å². The summed E-state index contributed by atoms with van der Waals surface area (Å²) in [5.41, 5.74) is 2.29. The topological polar surface area (TPSA) is 63.2 Å². The van der Waals surface area contributed by atoms with Gasteiger partial charge in [0, 0.05) is 24.0 Å². The van der Waals surface area contributed by atoms with Gasteiger partial charge in [-0.3, -0.25) is 4.98 Å². The van der Waals surface area contributed by atoms with E-state index in [1.54, 1.807) is 0 Å². The van der Waals surface area contributed by atoms with Crippen molar-refractivity contribution in [1.82, 2.24) is 15.6 Å². The molecule has 4 rings (SSSR count). The minimum Gasteiger partial charge on any atom is -0.379 e. The molecule has 1 saturated heterocycles. The van der Waals surface area contributed by atoms with Crippen LogP contribution in [0.5, 0.6) is 0 Å². The van der Waals surface area contributed by atoms with E-state index >= 15 is 0 Å². The van der Waals surface area contributed by atoms with Crippen LogP contribution in [0.4, 0.5) is 4.79 Å². The third-order valence-electron chi connectivity index (χ3n) is 6.01. The molecule has 2 amide bonds. The Morgan fingerprint density at radius 2 is 1.96 bits per heavy atom. The zero-order chi connectivity index (χ0) is 18.5. The van der Waals surface area contributed by atoms with Gasteiger partial charge < -0.3 is 15.4 Å². The van der Waals surface area contributed by atoms with Gasteiger partial charge in [-0.25, -0.2) is 4.79 Å². The lowest BCUT2D eigenvalue weighted by Crippen LogP contribution is -2.47. The summed E-state index contributed by atoms with van der Waals surface area (Å²) in [4.78, 5) is 16.8. The Labute approximate surface area is 160 Å². The molecule has 0 spiro atoms. The van der Waals surface area contributed by atoms with E-state index in [0.29, 0.717) is 19.1 Å². The molecule has 2 N–H and O–H groups in total. The lowest BCUT2D eigenvalue weighted by atomic mass is 9.89. The van der Waals surface area contributed by atoms with Crippen molar-refractivity contribution in [2.75, 3.05) is 19.8 Å². The molecule has 1 aromatic carbocycles. The van der Waals surface area contributed by atoms with Crippen LogP contribution in [0.15, 0.2) is 36.5 Å². The van der Waals surface area contributed by atoms with E-state index in [2.05, 4.69) is 27.8 Å². The molecule has 0 bridgehead atoms. The first kappa shape index (κ1) is 18.2. The van der Waals surface area contributed by atoms with Crippen molar-refractivity contribution < 1.29 is 9.53 Å². The summed E-state index contributed by atoms with van der Waals surface area (Å²) >= 11 is 0. The van der Waals surface area contributed by atoms with E-state index in [1.807, 2.05) is 24.4 Å². The molecule has 0 radical (unpaired) electrons. The number of nitrogens with one attached hydrogen (secondary N) is 2. The van der Waals surface area contributed by atoms with E-state index < -0.39 is 0 Å². The Morgan fingerprint density at radius 1 is 1.11 bits per heavy atom. The summed E-state index contributed by atoms with van der Waals surface area (Å²) in [6.45, 7) is 2.06. The van der Waals surface area contributed by atoms with Crippen LogP contribution in [0.25, 0.3) is 10.9 Å². The fourth-order valence-electron chi connectivity index (χ4n) is 4.42. The average Bonchev–Trinajstić information content (AvgIpc) is 3.14. The molecular formula is C22H29N3O2. The van der Waals surface area contributed by atoms with Crippen LogP contribution < -0.4 is 10.6 Å². The molecule has 2 aromatic rings. The van der Waals surface area contributed by atoms with Crippen molar-refractivity contribution in [3.63, 3.8) is 0 Å². The first-order chi connectivity index (χ1) is 13.3. The summed E-state index contributed by atoms with van der Waals surface area (Å²) in [6.07, 6.45) is 9.17. The monoisotopic (exact) mass is 367 g/mol. The van der Waals surface area contributed by atoms with Gasteiger partial charge in [-0.1, -0.05) is 37.5 Å². The van der Waals surface area contributed by atoms with Gasteiger partial charge >= 0.3 is 6.03 Å². The number of nitrogens with zero attached hydrogens (tertiary/aromatic N) is 1. The van der Waals surface area contributed by atoms with Crippen LogP contribution in [-0.2, 0) is 11.2 Å². The largest absolute Gasteiger partial charge is 0.379 e. The molecule has 2 heterocycles. The summed E-state index contributed by atoms with van der Waals surface area (Å²) < 4.78 is 5.69. The second-order valence-corrected chi connectivity index (χ2v) is 7.95. The second-order valence-electron chi connectivity index (χ2n) is 7.95. The summed E-state index contributed by atoms with van der Waals surface area (Å²) in [5.74, 6) is 0.930. The average molecular weight is 367 g/mol. The van der Waals surface area contributed by atoms with Gasteiger partial charge in [0.25, 0.3) is 0 Å². The number of aromatic nitrogens is 1. The molecule has 2 aliphatic rings. The minimum absolute atomic E-state index is 0.0549. The van der Waals surface area contributed by atoms with Crippen LogP contribution in [-0.4, -0.2) is 36.8 Å². The SMILES string of the molecule is O=C(NCC1CCCCC1)N[C@@H]1COC[C@H]1Cc1ccnc2ccccc12. The van der Waals surface area contributed by atoms with Gasteiger partial charge in [-0.05, 0) is 42.9 Å². The Kier molecular flexibility index (Phi) is 5.87. The lowest BCUT2D eigenvalue weighted by molar-refractivity contribution is 0.182. The summed E-state index contributed by atoms with van der Waals surface area (Å²) in [5, 5.41) is 7.41. The molecular weight excluding hydrogens is 338 g/mol. The Balaban J connectivity index is 1.34. The second kappa shape index (κ2) is 8.70. The van der Waals surface area contributed by atoms with Crippen LogP contribution >= 0.6 is 0 Å². The number of rotatable bonds is 5. The number of ether oxygens (including phenoxy) is 1. The lowest BCUT2D eigenvalue weighted by Gasteiger charge is -2.23. The highest BCUT2D eigenvalue weighted by molar-refractivity contribution is 5.81. The highest BCUT2D eigenvalue weighted by atomic mass is 16.5. The Morgan fingerprint density at radius 3 is 2.85 bits per heavy atom. The van der Waals surface area contributed by atoms with Crippen molar-refractivity contribution in [3.05, 3.63) is 42.1 Å². The van der Waals surface area contributed by atoms with Gasteiger partial charge in [-0.15, -0.1) is 0 Å². The molecule has 5 nitrogen and oxygen atoms in total. The van der Waals surface area contributed by atoms with E-state index in [1.165, 1.54) is 43.1 Å². The molecule has 27 heavy (non-hydrogen) atoms. The van der Waals surface area contributed by atoms with E-state index in [9.17, 15) is 4.79 Å². The number of hydrogen-bond acceptors (Lipinski definition) is 3. The molecule has 2 atom stereocenters. The molecule has 1 aromatic heterocycles. The van der Waals surface area contributed by atoms with Gasteiger partial charge in [0.05, 0.1) is 24.8 Å². The predicted molar refractivity (Wildman–Crippen MR) is 107 cm³/mol. The number of benzene rings is 1. The van der Waals surface area contributed by atoms with Crippen molar-refractivity contribution in [3.8, 4) is 0 Å². The maximum atomic E-state index is 12.4. The Hall–Kier alpha value is -2.14. The number of urea groups is 1. The first-order valence-corrected chi connectivity index (χ1v) is 10.2. The van der Waals surface area contributed by atoms with E-state index in [4.69, 9.17) is 4.74 Å². The third kappa shape index (κ3) is 4.59.